The predicted octanol–water partition coefficient (Wildman–Crippen LogP) is 2.84. The second-order valence-electron chi connectivity index (χ2n) is 5.98. The topological polar surface area (TPSA) is 89.6 Å². The molecule has 1 aliphatic rings. The molecular formula is C18H22N4O3S. The molecule has 2 amide bonds. The van der Waals surface area contributed by atoms with Crippen LogP contribution in [0.4, 0.5) is 15.5 Å². The Labute approximate surface area is 156 Å². The summed E-state index contributed by atoms with van der Waals surface area (Å²) < 4.78 is 6.98. The van der Waals surface area contributed by atoms with E-state index in [2.05, 4.69) is 5.32 Å². The zero-order chi connectivity index (χ0) is 18.7. The van der Waals surface area contributed by atoms with Gasteiger partial charge in [0.15, 0.2) is 0 Å². The fourth-order valence-corrected chi connectivity index (χ4v) is 4.04. The number of anilines is 2. The standard InChI is InChI=1S/C18H22N4O3S/c1-3-25-18(24)22-10-8-13-14(11-22)26-17(16(13)19)20-15(23)7-6-12-5-4-9-21(12)2/h4-7,9H,3,8,10-11,19H2,1-2H3,(H,20,23)/b7-6+. The van der Waals surface area contributed by atoms with Crippen molar-refractivity contribution in [2.45, 2.75) is 19.9 Å². The molecule has 0 fully saturated rings. The van der Waals surface area contributed by atoms with Crippen molar-refractivity contribution in [3.05, 3.63) is 40.5 Å². The molecule has 0 aromatic carbocycles. The number of amides is 2. The first-order valence-electron chi connectivity index (χ1n) is 8.41. The molecule has 0 saturated carbocycles. The van der Waals surface area contributed by atoms with Crippen LogP contribution in [-0.4, -0.2) is 34.6 Å². The third kappa shape index (κ3) is 3.75. The number of aryl methyl sites for hydroxylation is 1. The Morgan fingerprint density at radius 1 is 1.46 bits per heavy atom. The van der Waals surface area contributed by atoms with E-state index in [1.165, 1.54) is 17.4 Å². The maximum atomic E-state index is 12.2. The van der Waals surface area contributed by atoms with Crippen LogP contribution in [0.1, 0.15) is 23.1 Å². The van der Waals surface area contributed by atoms with Gasteiger partial charge in [-0.3, -0.25) is 4.79 Å². The molecule has 3 N–H and O–H groups in total. The lowest BCUT2D eigenvalue weighted by Gasteiger charge is -2.26. The van der Waals surface area contributed by atoms with Crippen LogP contribution in [0.15, 0.2) is 24.4 Å². The van der Waals surface area contributed by atoms with Crippen LogP contribution in [0, 0.1) is 0 Å². The SMILES string of the molecule is CCOC(=O)N1CCc2c(sc(NC(=O)/C=C/c3cccn3C)c2N)C1. The molecule has 0 unspecified atom stereocenters. The van der Waals surface area contributed by atoms with Crippen molar-refractivity contribution in [1.29, 1.82) is 0 Å². The van der Waals surface area contributed by atoms with Crippen LogP contribution in [0.2, 0.25) is 0 Å². The van der Waals surface area contributed by atoms with Gasteiger partial charge in [-0.1, -0.05) is 0 Å². The molecule has 0 aliphatic carbocycles. The molecule has 0 spiro atoms. The van der Waals surface area contributed by atoms with Crippen LogP contribution in [0.25, 0.3) is 6.08 Å². The molecule has 138 valence electrons. The number of aromatic nitrogens is 1. The Morgan fingerprint density at radius 3 is 2.96 bits per heavy atom. The largest absolute Gasteiger partial charge is 0.450 e. The van der Waals surface area contributed by atoms with Crippen LogP contribution < -0.4 is 11.1 Å². The van der Waals surface area contributed by atoms with E-state index in [9.17, 15) is 9.59 Å². The number of nitrogens with one attached hydrogen (secondary N) is 1. The van der Waals surface area contributed by atoms with Gasteiger partial charge in [0.25, 0.3) is 0 Å². The third-order valence-electron chi connectivity index (χ3n) is 4.25. The molecule has 3 rings (SSSR count). The van der Waals surface area contributed by atoms with Crippen molar-refractivity contribution in [1.82, 2.24) is 9.47 Å². The van der Waals surface area contributed by atoms with Gasteiger partial charge in [-0.25, -0.2) is 4.79 Å². The minimum absolute atomic E-state index is 0.237. The first-order valence-corrected chi connectivity index (χ1v) is 9.23. The lowest BCUT2D eigenvalue weighted by Crippen LogP contribution is -2.35. The maximum Gasteiger partial charge on any atom is 0.410 e. The summed E-state index contributed by atoms with van der Waals surface area (Å²) in [6, 6.07) is 3.84. The van der Waals surface area contributed by atoms with Crippen LogP contribution in [-0.2, 0) is 29.5 Å². The number of carbonyl (C=O) groups is 2. The predicted molar refractivity (Wildman–Crippen MR) is 103 cm³/mol. The van der Waals surface area contributed by atoms with Crippen LogP contribution >= 0.6 is 11.3 Å². The van der Waals surface area contributed by atoms with Crippen molar-refractivity contribution >= 4 is 40.1 Å². The summed E-state index contributed by atoms with van der Waals surface area (Å²) >= 11 is 1.41. The summed E-state index contributed by atoms with van der Waals surface area (Å²) in [4.78, 5) is 26.7. The van der Waals surface area contributed by atoms with E-state index >= 15 is 0 Å². The third-order valence-corrected chi connectivity index (χ3v) is 5.40. The number of hydrogen-bond acceptors (Lipinski definition) is 5. The van der Waals surface area contributed by atoms with Crippen LogP contribution in [0.5, 0.6) is 0 Å². The Bertz CT molecular complexity index is 853. The number of fused-ring (bicyclic) bond motifs is 1. The lowest BCUT2D eigenvalue weighted by molar-refractivity contribution is -0.111. The second-order valence-corrected chi connectivity index (χ2v) is 7.09. The van der Waals surface area contributed by atoms with E-state index in [4.69, 9.17) is 10.5 Å². The van der Waals surface area contributed by atoms with Crippen molar-refractivity contribution in [3.63, 3.8) is 0 Å². The Morgan fingerprint density at radius 2 is 2.27 bits per heavy atom. The number of nitrogens with zero attached hydrogens (tertiary/aromatic N) is 2. The Hall–Kier alpha value is -2.74. The maximum absolute atomic E-state index is 12.2. The Kier molecular flexibility index (Phi) is 5.32. The normalized spacial score (nSPS) is 13.7. The average Bonchev–Trinajstić information content (AvgIpc) is 3.16. The van der Waals surface area contributed by atoms with Gasteiger partial charge in [0.2, 0.25) is 5.91 Å². The van der Waals surface area contributed by atoms with Crippen molar-refractivity contribution in [2.75, 3.05) is 24.2 Å². The van der Waals surface area contributed by atoms with E-state index in [0.717, 1.165) is 16.1 Å². The fraction of sp³-hybridized carbons (Fsp3) is 0.333. The highest BCUT2D eigenvalue weighted by Gasteiger charge is 2.26. The first kappa shape index (κ1) is 18.1. The summed E-state index contributed by atoms with van der Waals surface area (Å²) in [7, 11) is 1.91. The average molecular weight is 374 g/mol. The summed E-state index contributed by atoms with van der Waals surface area (Å²) in [5.41, 5.74) is 8.74. The van der Waals surface area contributed by atoms with Gasteiger partial charge in [0.1, 0.15) is 5.00 Å². The number of hydrogen-bond donors (Lipinski definition) is 2. The quantitative estimate of drug-likeness (QED) is 0.806. The van der Waals surface area contributed by atoms with E-state index in [0.29, 0.717) is 36.8 Å². The number of ether oxygens (including phenoxy) is 1. The van der Waals surface area contributed by atoms with E-state index in [-0.39, 0.29) is 12.0 Å². The van der Waals surface area contributed by atoms with E-state index in [1.54, 1.807) is 17.9 Å². The van der Waals surface area contributed by atoms with Crippen molar-refractivity contribution < 1.29 is 14.3 Å². The zero-order valence-electron chi connectivity index (χ0n) is 14.8. The zero-order valence-corrected chi connectivity index (χ0v) is 15.6. The van der Waals surface area contributed by atoms with Crippen molar-refractivity contribution in [2.24, 2.45) is 7.05 Å². The number of nitrogen functional groups attached to an aromatic ring is 1. The fourth-order valence-electron chi connectivity index (χ4n) is 2.85. The van der Waals surface area contributed by atoms with Crippen molar-refractivity contribution in [3.8, 4) is 0 Å². The van der Waals surface area contributed by atoms with Gasteiger partial charge in [0, 0.05) is 36.4 Å². The smallest absolute Gasteiger partial charge is 0.410 e. The molecule has 26 heavy (non-hydrogen) atoms. The van der Waals surface area contributed by atoms with E-state index in [1.807, 2.05) is 29.9 Å². The number of carbonyl (C=O) groups excluding carboxylic acids is 2. The molecule has 8 heteroatoms. The van der Waals surface area contributed by atoms with Gasteiger partial charge in [-0.15, -0.1) is 11.3 Å². The molecule has 2 aromatic heterocycles. The highest BCUT2D eigenvalue weighted by Crippen LogP contribution is 2.39. The molecule has 3 heterocycles. The summed E-state index contributed by atoms with van der Waals surface area (Å²) in [6.07, 6.45) is 5.49. The highest BCUT2D eigenvalue weighted by molar-refractivity contribution is 7.17. The molecule has 0 bridgehead atoms. The summed E-state index contributed by atoms with van der Waals surface area (Å²) in [5, 5.41) is 3.47. The number of nitrogens with two attached hydrogens (primary N) is 1. The van der Waals surface area contributed by atoms with Gasteiger partial charge >= 0.3 is 6.09 Å². The molecule has 7 nitrogen and oxygen atoms in total. The minimum Gasteiger partial charge on any atom is -0.450 e. The van der Waals surface area contributed by atoms with Gasteiger partial charge in [-0.2, -0.15) is 0 Å². The Balaban J connectivity index is 1.69. The minimum atomic E-state index is -0.318. The summed E-state index contributed by atoms with van der Waals surface area (Å²) in [6.45, 7) is 3.15. The molecule has 1 aliphatic heterocycles. The lowest BCUT2D eigenvalue weighted by atomic mass is 10.1. The van der Waals surface area contributed by atoms with Crippen LogP contribution in [0.3, 0.4) is 0 Å². The number of thiophene rings is 1. The summed E-state index contributed by atoms with van der Waals surface area (Å²) in [5.74, 6) is -0.237. The highest BCUT2D eigenvalue weighted by atomic mass is 32.1. The van der Waals surface area contributed by atoms with Gasteiger partial charge in [-0.05, 0) is 37.1 Å². The number of rotatable bonds is 4. The molecule has 0 saturated heterocycles. The molecule has 0 atom stereocenters. The first-order chi connectivity index (χ1) is 12.5. The molecule has 0 radical (unpaired) electrons. The molecular weight excluding hydrogens is 352 g/mol. The molecule has 2 aromatic rings. The van der Waals surface area contributed by atoms with Gasteiger partial charge in [0.05, 0.1) is 18.8 Å². The van der Waals surface area contributed by atoms with Gasteiger partial charge < -0.3 is 25.3 Å². The van der Waals surface area contributed by atoms with E-state index < -0.39 is 0 Å². The second kappa shape index (κ2) is 7.65. The monoisotopic (exact) mass is 374 g/mol.